The normalized spacial score (nSPS) is 16.5. The Hall–Kier alpha value is -3.37. The summed E-state index contributed by atoms with van der Waals surface area (Å²) in [4.78, 5) is 60.1. The van der Waals surface area contributed by atoms with Crippen LogP contribution >= 0.6 is 0 Å². The number of aromatic amines is 2. The van der Waals surface area contributed by atoms with Gasteiger partial charge in [-0.05, 0) is 0 Å². The monoisotopic (exact) mass is 338 g/mol. The molecule has 0 bridgehead atoms. The quantitative estimate of drug-likeness (QED) is 0.341. The van der Waals surface area contributed by atoms with Crippen LogP contribution < -0.4 is 21.9 Å². The standard InChI is InChI=1S/C13H14N4O7/c18-9(23-5-7-3-14-13(22)17-11(7)20)1-2-10(19)24-6-8-4-15-12(21)16-8/h1-3,8H,4-6H2,(H2,15,16,21)(H2,14,17,20,22)/b2-1+. The van der Waals surface area contributed by atoms with E-state index in [9.17, 15) is 24.0 Å². The summed E-state index contributed by atoms with van der Waals surface area (Å²) in [5, 5.41) is 5.02. The first-order valence-corrected chi connectivity index (χ1v) is 6.81. The molecule has 1 aromatic heterocycles. The van der Waals surface area contributed by atoms with Crippen molar-refractivity contribution in [3.63, 3.8) is 0 Å². The molecule has 1 unspecified atom stereocenters. The molecule has 1 aliphatic heterocycles. The third kappa shape index (κ3) is 5.12. The fourth-order valence-electron chi connectivity index (χ4n) is 1.71. The van der Waals surface area contributed by atoms with Crippen molar-refractivity contribution in [3.05, 3.63) is 44.8 Å². The van der Waals surface area contributed by atoms with Gasteiger partial charge >= 0.3 is 23.7 Å². The maximum absolute atomic E-state index is 11.4. The molecule has 2 amide bonds. The summed E-state index contributed by atoms with van der Waals surface area (Å²) in [7, 11) is 0. The SMILES string of the molecule is O=C1NCC(COC(=O)/C=C/C(=O)OCc2c[nH]c(=O)[nH]c2=O)N1. The van der Waals surface area contributed by atoms with E-state index in [1.165, 1.54) is 0 Å². The molecule has 1 saturated heterocycles. The summed E-state index contributed by atoms with van der Waals surface area (Å²) in [6.07, 6.45) is 2.83. The van der Waals surface area contributed by atoms with Crippen LogP contribution in [0, 0.1) is 0 Å². The third-order valence-electron chi connectivity index (χ3n) is 2.89. The summed E-state index contributed by atoms with van der Waals surface area (Å²) in [6, 6.07) is -0.666. The molecule has 1 atom stereocenters. The van der Waals surface area contributed by atoms with Crippen LogP contribution in [-0.4, -0.2) is 47.1 Å². The first-order chi connectivity index (χ1) is 11.4. The molecular weight excluding hydrogens is 324 g/mol. The number of urea groups is 1. The molecule has 2 heterocycles. The second kappa shape index (κ2) is 7.76. The number of hydrogen-bond donors (Lipinski definition) is 4. The Kier molecular flexibility index (Phi) is 5.49. The van der Waals surface area contributed by atoms with Crippen molar-refractivity contribution in [1.82, 2.24) is 20.6 Å². The molecule has 0 aromatic carbocycles. The number of amides is 2. The van der Waals surface area contributed by atoms with Crippen molar-refractivity contribution < 1.29 is 23.9 Å². The first kappa shape index (κ1) is 17.0. The molecule has 0 radical (unpaired) electrons. The molecular formula is C13H14N4O7. The fourth-order valence-corrected chi connectivity index (χ4v) is 1.71. The largest absolute Gasteiger partial charge is 0.460 e. The van der Waals surface area contributed by atoms with Gasteiger partial charge in [-0.3, -0.25) is 9.78 Å². The van der Waals surface area contributed by atoms with Crippen LogP contribution in [0.4, 0.5) is 4.79 Å². The van der Waals surface area contributed by atoms with Crippen molar-refractivity contribution in [2.75, 3.05) is 13.2 Å². The van der Waals surface area contributed by atoms with Crippen LogP contribution in [0.2, 0.25) is 0 Å². The lowest BCUT2D eigenvalue weighted by molar-refractivity contribution is -0.141. The van der Waals surface area contributed by atoms with E-state index in [2.05, 4.69) is 15.6 Å². The number of ether oxygens (including phenoxy) is 2. The topological polar surface area (TPSA) is 159 Å². The van der Waals surface area contributed by atoms with Crippen molar-refractivity contribution >= 4 is 18.0 Å². The molecule has 11 nitrogen and oxygen atoms in total. The zero-order valence-electron chi connectivity index (χ0n) is 12.3. The van der Waals surface area contributed by atoms with Gasteiger partial charge < -0.3 is 25.1 Å². The predicted molar refractivity (Wildman–Crippen MR) is 77.9 cm³/mol. The average molecular weight is 338 g/mol. The maximum atomic E-state index is 11.4. The minimum Gasteiger partial charge on any atom is -0.460 e. The lowest BCUT2D eigenvalue weighted by atomic mass is 10.3. The van der Waals surface area contributed by atoms with Gasteiger partial charge in [0.2, 0.25) is 0 Å². The van der Waals surface area contributed by atoms with Gasteiger partial charge in [-0.2, -0.15) is 0 Å². The number of H-pyrrole nitrogens is 2. The number of esters is 2. The van der Waals surface area contributed by atoms with E-state index < -0.39 is 23.2 Å². The van der Waals surface area contributed by atoms with Gasteiger partial charge in [-0.25, -0.2) is 19.2 Å². The van der Waals surface area contributed by atoms with E-state index in [0.29, 0.717) is 6.54 Å². The highest BCUT2D eigenvalue weighted by Gasteiger charge is 2.20. The van der Waals surface area contributed by atoms with Crippen LogP contribution in [0.3, 0.4) is 0 Å². The number of rotatable bonds is 6. The lowest BCUT2D eigenvalue weighted by Gasteiger charge is -2.07. The Morgan fingerprint density at radius 1 is 1.17 bits per heavy atom. The Bertz CT molecular complexity index is 779. The number of nitrogens with one attached hydrogen (secondary N) is 4. The maximum Gasteiger partial charge on any atom is 0.331 e. The zero-order chi connectivity index (χ0) is 17.5. The summed E-state index contributed by atoms with van der Waals surface area (Å²) in [5.74, 6) is -1.65. The predicted octanol–water partition coefficient (Wildman–Crippen LogP) is -2.11. The van der Waals surface area contributed by atoms with Crippen molar-refractivity contribution in [2.24, 2.45) is 0 Å². The van der Waals surface area contributed by atoms with Gasteiger partial charge in [-0.1, -0.05) is 0 Å². The van der Waals surface area contributed by atoms with E-state index in [-0.39, 0.29) is 30.9 Å². The Morgan fingerprint density at radius 2 is 1.88 bits per heavy atom. The molecule has 2 rings (SSSR count). The molecule has 1 aromatic rings. The van der Waals surface area contributed by atoms with Crippen LogP contribution in [0.15, 0.2) is 27.9 Å². The number of carbonyl (C=O) groups is 3. The third-order valence-corrected chi connectivity index (χ3v) is 2.89. The number of carbonyl (C=O) groups excluding carboxylic acids is 3. The van der Waals surface area contributed by atoms with Gasteiger partial charge in [0.1, 0.15) is 13.2 Å². The van der Waals surface area contributed by atoms with Gasteiger partial charge in [0.25, 0.3) is 5.56 Å². The van der Waals surface area contributed by atoms with E-state index in [1.807, 2.05) is 4.98 Å². The van der Waals surface area contributed by atoms with Gasteiger partial charge in [-0.15, -0.1) is 0 Å². The molecule has 1 fully saturated rings. The Labute approximate surface area is 134 Å². The Morgan fingerprint density at radius 3 is 2.50 bits per heavy atom. The Balaban J connectivity index is 1.73. The minimum atomic E-state index is -0.867. The van der Waals surface area contributed by atoms with Crippen LogP contribution in [0.1, 0.15) is 5.56 Å². The molecule has 0 aliphatic carbocycles. The van der Waals surface area contributed by atoms with Crippen molar-refractivity contribution in [2.45, 2.75) is 12.6 Å². The molecule has 0 spiro atoms. The highest BCUT2D eigenvalue weighted by Crippen LogP contribution is 1.95. The summed E-state index contributed by atoms with van der Waals surface area (Å²) in [6.45, 7) is -0.0700. The van der Waals surface area contributed by atoms with E-state index in [0.717, 1.165) is 18.3 Å². The van der Waals surface area contributed by atoms with Crippen molar-refractivity contribution in [3.8, 4) is 0 Å². The minimum absolute atomic E-state index is 0.0380. The van der Waals surface area contributed by atoms with Crippen LogP contribution in [0.5, 0.6) is 0 Å². The lowest BCUT2D eigenvalue weighted by Crippen LogP contribution is -2.31. The molecule has 0 saturated carbocycles. The number of hydrogen-bond acceptors (Lipinski definition) is 7. The smallest absolute Gasteiger partial charge is 0.331 e. The van der Waals surface area contributed by atoms with Gasteiger partial charge in [0, 0.05) is 24.9 Å². The number of aromatic nitrogens is 2. The fraction of sp³-hybridized carbons (Fsp3) is 0.308. The molecule has 1 aliphatic rings. The highest BCUT2D eigenvalue weighted by atomic mass is 16.5. The zero-order valence-corrected chi connectivity index (χ0v) is 12.3. The molecule has 24 heavy (non-hydrogen) atoms. The van der Waals surface area contributed by atoms with Crippen LogP contribution in [-0.2, 0) is 25.7 Å². The highest BCUT2D eigenvalue weighted by molar-refractivity contribution is 5.91. The second-order valence-electron chi connectivity index (χ2n) is 4.72. The molecule has 4 N–H and O–H groups in total. The van der Waals surface area contributed by atoms with E-state index in [1.54, 1.807) is 0 Å². The molecule has 11 heteroatoms. The summed E-state index contributed by atoms with van der Waals surface area (Å²) < 4.78 is 9.59. The van der Waals surface area contributed by atoms with Crippen LogP contribution in [0.25, 0.3) is 0 Å². The van der Waals surface area contributed by atoms with Gasteiger partial charge in [0.05, 0.1) is 11.6 Å². The first-order valence-electron chi connectivity index (χ1n) is 6.81. The summed E-state index contributed by atoms with van der Waals surface area (Å²) >= 11 is 0. The van der Waals surface area contributed by atoms with E-state index in [4.69, 9.17) is 9.47 Å². The van der Waals surface area contributed by atoms with E-state index >= 15 is 0 Å². The van der Waals surface area contributed by atoms with Crippen molar-refractivity contribution in [1.29, 1.82) is 0 Å². The van der Waals surface area contributed by atoms with Gasteiger partial charge in [0.15, 0.2) is 0 Å². The summed E-state index contributed by atoms with van der Waals surface area (Å²) in [5.41, 5.74) is -1.31. The average Bonchev–Trinajstić information content (AvgIpc) is 2.95. The second-order valence-corrected chi connectivity index (χ2v) is 4.72. The molecule has 128 valence electrons.